The molecule has 0 aliphatic carbocycles. The zero-order valence-corrected chi connectivity index (χ0v) is 22.0. The van der Waals surface area contributed by atoms with Crippen LogP contribution in [0.2, 0.25) is 0 Å². The van der Waals surface area contributed by atoms with Crippen LogP contribution in [0.5, 0.6) is 11.5 Å². The van der Waals surface area contributed by atoms with E-state index in [2.05, 4.69) is 20.8 Å². The third kappa shape index (κ3) is 7.07. The summed E-state index contributed by atoms with van der Waals surface area (Å²) in [6, 6.07) is 22.1. The molecule has 194 valence electrons. The van der Waals surface area contributed by atoms with Crippen LogP contribution in [-0.2, 0) is 9.59 Å². The molecule has 9 nitrogen and oxygen atoms in total. The maximum Gasteiger partial charge on any atom is 0.225 e. The molecular weight excluding hydrogens is 502 g/mol. The highest BCUT2D eigenvalue weighted by atomic mass is 32.2. The number of carbonyl (C=O) groups is 2. The van der Waals surface area contributed by atoms with Crippen LogP contribution < -0.4 is 20.1 Å². The van der Waals surface area contributed by atoms with Gasteiger partial charge in [0.05, 0.1) is 14.2 Å². The summed E-state index contributed by atoms with van der Waals surface area (Å²) in [6.45, 7) is 1.44. The summed E-state index contributed by atoms with van der Waals surface area (Å²) in [4.78, 5) is 28.4. The smallest absolute Gasteiger partial charge is 0.225 e. The zero-order valence-electron chi connectivity index (χ0n) is 21.2. The molecular formula is C28H27N5O4S. The summed E-state index contributed by atoms with van der Waals surface area (Å²) in [5.74, 6) is 1.68. The lowest BCUT2D eigenvalue weighted by Crippen LogP contribution is -2.12. The quantitative estimate of drug-likeness (QED) is 0.266. The summed E-state index contributed by atoms with van der Waals surface area (Å²) in [5, 5.41) is 14.8. The predicted octanol–water partition coefficient (Wildman–Crippen LogP) is 5.30. The van der Waals surface area contributed by atoms with Gasteiger partial charge < -0.3 is 20.1 Å². The number of amides is 2. The average Bonchev–Trinajstić information content (AvgIpc) is 2.94. The molecule has 2 amide bonds. The third-order valence-corrected chi connectivity index (χ3v) is 6.28. The Kier molecular flexibility index (Phi) is 8.89. The van der Waals surface area contributed by atoms with E-state index in [0.29, 0.717) is 33.7 Å². The zero-order chi connectivity index (χ0) is 26.9. The number of hydrogen-bond acceptors (Lipinski definition) is 8. The molecule has 0 saturated heterocycles. The molecule has 4 rings (SSSR count). The van der Waals surface area contributed by atoms with Crippen molar-refractivity contribution in [3.8, 4) is 34.0 Å². The highest BCUT2D eigenvalue weighted by Crippen LogP contribution is 2.32. The van der Waals surface area contributed by atoms with Crippen LogP contribution in [0.4, 0.5) is 11.4 Å². The number of aromatic nitrogens is 3. The van der Waals surface area contributed by atoms with Crippen molar-refractivity contribution in [2.45, 2.75) is 18.5 Å². The molecule has 4 aromatic rings. The van der Waals surface area contributed by atoms with Gasteiger partial charge in [0.1, 0.15) is 22.9 Å². The highest BCUT2D eigenvalue weighted by molar-refractivity contribution is 7.99. The number of benzene rings is 3. The number of nitrogens with zero attached hydrogens (tertiary/aromatic N) is 3. The van der Waals surface area contributed by atoms with Crippen LogP contribution in [-0.4, -0.2) is 47.0 Å². The molecule has 0 radical (unpaired) electrons. The van der Waals surface area contributed by atoms with Crippen molar-refractivity contribution in [3.05, 3.63) is 72.8 Å². The van der Waals surface area contributed by atoms with Crippen molar-refractivity contribution in [1.82, 2.24) is 15.2 Å². The number of anilines is 2. The first-order chi connectivity index (χ1) is 18.4. The molecule has 0 bridgehead atoms. The summed E-state index contributed by atoms with van der Waals surface area (Å²) in [5.41, 5.74) is 4.37. The first kappa shape index (κ1) is 26.6. The Morgan fingerprint density at radius 1 is 0.737 bits per heavy atom. The SMILES string of the molecule is COc1ccc(-c2nnc(SCCC(=O)Nc3ccc(NC(C)=O)cc3)nc2-c2ccc(OC)cc2)cc1. The minimum absolute atomic E-state index is 0.136. The molecule has 2 N–H and O–H groups in total. The lowest BCUT2D eigenvalue weighted by atomic mass is 10.0. The van der Waals surface area contributed by atoms with Gasteiger partial charge in [0.25, 0.3) is 0 Å². The monoisotopic (exact) mass is 529 g/mol. The number of hydrogen-bond donors (Lipinski definition) is 2. The Bertz CT molecular complexity index is 1390. The Hall–Kier alpha value is -4.44. The van der Waals surface area contributed by atoms with E-state index in [4.69, 9.17) is 14.5 Å². The molecule has 3 aromatic carbocycles. The fourth-order valence-corrected chi connectivity index (χ4v) is 4.29. The minimum atomic E-state index is -0.150. The van der Waals surface area contributed by atoms with Crippen molar-refractivity contribution >= 4 is 35.0 Å². The molecule has 38 heavy (non-hydrogen) atoms. The molecule has 0 aliphatic heterocycles. The Morgan fingerprint density at radius 2 is 1.26 bits per heavy atom. The van der Waals surface area contributed by atoms with Gasteiger partial charge in [-0.15, -0.1) is 10.2 Å². The van der Waals surface area contributed by atoms with Gasteiger partial charge in [0.15, 0.2) is 0 Å². The number of ether oxygens (including phenoxy) is 2. The van der Waals surface area contributed by atoms with Crippen LogP contribution in [0.25, 0.3) is 22.5 Å². The van der Waals surface area contributed by atoms with Crippen LogP contribution in [0.15, 0.2) is 78.0 Å². The summed E-state index contributed by atoms with van der Waals surface area (Å²) in [6.07, 6.45) is 0.263. The van der Waals surface area contributed by atoms with Gasteiger partial charge in [-0.25, -0.2) is 4.98 Å². The number of nitrogens with one attached hydrogen (secondary N) is 2. The maximum absolute atomic E-state index is 12.4. The lowest BCUT2D eigenvalue weighted by molar-refractivity contribution is -0.116. The summed E-state index contributed by atoms with van der Waals surface area (Å²) < 4.78 is 10.6. The van der Waals surface area contributed by atoms with Gasteiger partial charge >= 0.3 is 0 Å². The molecule has 0 atom stereocenters. The third-order valence-electron chi connectivity index (χ3n) is 5.44. The maximum atomic E-state index is 12.4. The van der Waals surface area contributed by atoms with E-state index in [-0.39, 0.29) is 18.2 Å². The molecule has 0 aliphatic rings. The van der Waals surface area contributed by atoms with E-state index in [1.807, 2.05) is 48.5 Å². The minimum Gasteiger partial charge on any atom is -0.497 e. The second-order valence-corrected chi connectivity index (χ2v) is 9.22. The van der Waals surface area contributed by atoms with E-state index in [0.717, 1.165) is 22.6 Å². The van der Waals surface area contributed by atoms with E-state index in [1.54, 1.807) is 38.5 Å². The van der Waals surface area contributed by atoms with Crippen LogP contribution in [0.1, 0.15) is 13.3 Å². The lowest BCUT2D eigenvalue weighted by Gasteiger charge is -2.11. The summed E-state index contributed by atoms with van der Waals surface area (Å²) >= 11 is 1.36. The van der Waals surface area contributed by atoms with Gasteiger partial charge in [-0.3, -0.25) is 9.59 Å². The largest absolute Gasteiger partial charge is 0.497 e. The Labute approximate surface area is 225 Å². The van der Waals surface area contributed by atoms with E-state index in [9.17, 15) is 9.59 Å². The van der Waals surface area contributed by atoms with Gasteiger partial charge in [-0.1, -0.05) is 11.8 Å². The van der Waals surface area contributed by atoms with Crippen LogP contribution in [0.3, 0.4) is 0 Å². The molecule has 0 spiro atoms. The van der Waals surface area contributed by atoms with E-state index >= 15 is 0 Å². The van der Waals surface area contributed by atoms with Gasteiger partial charge in [0.2, 0.25) is 17.0 Å². The Morgan fingerprint density at radius 3 is 1.79 bits per heavy atom. The predicted molar refractivity (Wildman–Crippen MR) is 149 cm³/mol. The first-order valence-corrected chi connectivity index (χ1v) is 12.8. The molecule has 1 aromatic heterocycles. The van der Waals surface area contributed by atoms with Crippen molar-refractivity contribution < 1.29 is 19.1 Å². The van der Waals surface area contributed by atoms with Crippen LogP contribution in [0, 0.1) is 0 Å². The average molecular weight is 530 g/mol. The standard InChI is InChI=1S/C28H27N5O4S/c1-18(34)29-21-8-10-22(11-9-21)30-25(35)16-17-38-28-31-26(19-4-12-23(36-2)13-5-19)27(32-33-28)20-6-14-24(37-3)15-7-20/h4-15H,16-17H2,1-3H3,(H,29,34)(H,30,35). The van der Waals surface area contributed by atoms with Gasteiger partial charge in [-0.2, -0.15) is 0 Å². The number of thioether (sulfide) groups is 1. The molecule has 0 saturated carbocycles. The van der Waals surface area contributed by atoms with E-state index in [1.165, 1.54) is 18.7 Å². The van der Waals surface area contributed by atoms with E-state index < -0.39 is 0 Å². The Balaban J connectivity index is 1.45. The second kappa shape index (κ2) is 12.7. The number of carbonyl (C=O) groups excluding carboxylic acids is 2. The van der Waals surface area contributed by atoms with Crippen molar-refractivity contribution in [2.75, 3.05) is 30.6 Å². The molecule has 0 unspecified atom stereocenters. The fourth-order valence-electron chi connectivity index (χ4n) is 3.56. The highest BCUT2D eigenvalue weighted by Gasteiger charge is 2.15. The second-order valence-electron chi connectivity index (χ2n) is 8.15. The topological polar surface area (TPSA) is 115 Å². The molecule has 10 heteroatoms. The number of rotatable bonds is 10. The van der Waals surface area contributed by atoms with Gasteiger partial charge in [-0.05, 0) is 72.8 Å². The van der Waals surface area contributed by atoms with Crippen LogP contribution >= 0.6 is 11.8 Å². The number of methoxy groups -OCH3 is 2. The normalized spacial score (nSPS) is 10.5. The van der Waals surface area contributed by atoms with Crippen molar-refractivity contribution in [1.29, 1.82) is 0 Å². The first-order valence-electron chi connectivity index (χ1n) is 11.8. The fraction of sp³-hybridized carbons (Fsp3) is 0.179. The van der Waals surface area contributed by atoms with Crippen molar-refractivity contribution in [2.24, 2.45) is 0 Å². The van der Waals surface area contributed by atoms with Gasteiger partial charge in [0, 0.05) is 41.6 Å². The summed E-state index contributed by atoms with van der Waals surface area (Å²) in [7, 11) is 3.24. The molecule has 0 fully saturated rings. The van der Waals surface area contributed by atoms with Crippen molar-refractivity contribution in [3.63, 3.8) is 0 Å². The molecule has 1 heterocycles.